The van der Waals surface area contributed by atoms with Crippen LogP contribution in [0.25, 0.3) is 0 Å². The first-order chi connectivity index (χ1) is 8.02. The van der Waals surface area contributed by atoms with E-state index in [-0.39, 0.29) is 5.54 Å². The van der Waals surface area contributed by atoms with E-state index in [9.17, 15) is 0 Å². The summed E-state index contributed by atoms with van der Waals surface area (Å²) in [5.41, 5.74) is 1.78. The van der Waals surface area contributed by atoms with Crippen molar-refractivity contribution in [3.63, 3.8) is 0 Å². The van der Waals surface area contributed by atoms with Gasteiger partial charge in [0.05, 0.1) is 18.7 Å². The molecule has 3 nitrogen and oxygen atoms in total. The van der Waals surface area contributed by atoms with Gasteiger partial charge in [0.15, 0.2) is 0 Å². The number of nitrogens with one attached hydrogen (secondary N) is 1. The van der Waals surface area contributed by atoms with Crippen molar-refractivity contribution >= 4 is 0 Å². The van der Waals surface area contributed by atoms with Gasteiger partial charge in [0.2, 0.25) is 0 Å². The zero-order valence-corrected chi connectivity index (χ0v) is 11.0. The Kier molecular flexibility index (Phi) is 4.53. The molecule has 1 rings (SSSR count). The van der Waals surface area contributed by atoms with E-state index in [0.29, 0.717) is 12.1 Å². The first-order valence-electron chi connectivity index (χ1n) is 5.84. The highest BCUT2D eigenvalue weighted by Gasteiger charge is 2.14. The number of nitriles is 1. The number of methoxy groups -OCH3 is 1. The highest BCUT2D eigenvalue weighted by Crippen LogP contribution is 2.20. The van der Waals surface area contributed by atoms with Gasteiger partial charge in [0.1, 0.15) is 5.75 Å². The SMILES string of the molecule is CCC(C)(C)NCc1cc(C#N)ccc1OC. The molecule has 1 aromatic carbocycles. The van der Waals surface area contributed by atoms with E-state index in [1.54, 1.807) is 13.2 Å². The summed E-state index contributed by atoms with van der Waals surface area (Å²) in [6.07, 6.45) is 1.05. The number of ether oxygens (including phenoxy) is 1. The largest absolute Gasteiger partial charge is 0.496 e. The van der Waals surface area contributed by atoms with E-state index in [1.807, 2.05) is 12.1 Å². The van der Waals surface area contributed by atoms with Gasteiger partial charge in [-0.2, -0.15) is 5.26 Å². The van der Waals surface area contributed by atoms with Crippen LogP contribution < -0.4 is 10.1 Å². The third-order valence-corrected chi connectivity index (χ3v) is 3.05. The molecule has 0 amide bonds. The zero-order chi connectivity index (χ0) is 12.9. The summed E-state index contributed by atoms with van der Waals surface area (Å²) in [7, 11) is 1.65. The van der Waals surface area contributed by atoms with Crippen molar-refractivity contribution < 1.29 is 4.74 Å². The number of nitrogens with zero attached hydrogens (tertiary/aromatic N) is 1. The predicted octanol–water partition coefficient (Wildman–Crippen LogP) is 2.85. The van der Waals surface area contributed by atoms with Gasteiger partial charge in [0.25, 0.3) is 0 Å². The predicted molar refractivity (Wildman–Crippen MR) is 68.9 cm³/mol. The fraction of sp³-hybridized carbons (Fsp3) is 0.500. The van der Waals surface area contributed by atoms with Crippen LogP contribution in [-0.4, -0.2) is 12.6 Å². The molecule has 0 bridgehead atoms. The van der Waals surface area contributed by atoms with Crippen molar-refractivity contribution in [2.45, 2.75) is 39.3 Å². The summed E-state index contributed by atoms with van der Waals surface area (Å²) in [4.78, 5) is 0. The highest BCUT2D eigenvalue weighted by atomic mass is 16.5. The van der Waals surface area contributed by atoms with Crippen molar-refractivity contribution in [3.8, 4) is 11.8 Å². The molecule has 0 radical (unpaired) electrons. The fourth-order valence-corrected chi connectivity index (χ4v) is 1.45. The van der Waals surface area contributed by atoms with E-state index in [2.05, 4.69) is 32.2 Å². The summed E-state index contributed by atoms with van der Waals surface area (Å²) < 4.78 is 5.29. The number of hydrogen-bond acceptors (Lipinski definition) is 3. The molecule has 0 aromatic heterocycles. The molecule has 0 saturated carbocycles. The second-order valence-electron chi connectivity index (χ2n) is 4.73. The van der Waals surface area contributed by atoms with Crippen molar-refractivity contribution in [1.82, 2.24) is 5.32 Å². The van der Waals surface area contributed by atoms with Gasteiger partial charge >= 0.3 is 0 Å². The Morgan fingerprint density at radius 3 is 2.65 bits per heavy atom. The Morgan fingerprint density at radius 2 is 2.12 bits per heavy atom. The van der Waals surface area contributed by atoms with Crippen LogP contribution in [0.2, 0.25) is 0 Å². The minimum absolute atomic E-state index is 0.0909. The molecule has 92 valence electrons. The minimum atomic E-state index is 0.0909. The fourth-order valence-electron chi connectivity index (χ4n) is 1.45. The van der Waals surface area contributed by atoms with Crippen molar-refractivity contribution in [3.05, 3.63) is 29.3 Å². The summed E-state index contributed by atoms with van der Waals surface area (Å²) in [5, 5.41) is 12.4. The number of benzene rings is 1. The third-order valence-electron chi connectivity index (χ3n) is 3.05. The lowest BCUT2D eigenvalue weighted by Gasteiger charge is -2.25. The maximum Gasteiger partial charge on any atom is 0.123 e. The van der Waals surface area contributed by atoms with Crippen LogP contribution in [0.5, 0.6) is 5.75 Å². The van der Waals surface area contributed by atoms with Gasteiger partial charge in [-0.15, -0.1) is 0 Å². The topological polar surface area (TPSA) is 45.0 Å². The summed E-state index contributed by atoms with van der Waals surface area (Å²) >= 11 is 0. The van der Waals surface area contributed by atoms with Gasteiger partial charge < -0.3 is 10.1 Å². The zero-order valence-electron chi connectivity index (χ0n) is 11.0. The van der Waals surface area contributed by atoms with Crippen LogP contribution in [0, 0.1) is 11.3 Å². The molecule has 0 fully saturated rings. The van der Waals surface area contributed by atoms with Gasteiger partial charge in [0, 0.05) is 17.6 Å². The standard InChI is InChI=1S/C14H20N2O/c1-5-14(2,3)16-10-12-8-11(9-15)6-7-13(12)17-4/h6-8,16H,5,10H2,1-4H3. The third kappa shape index (κ3) is 3.76. The minimum Gasteiger partial charge on any atom is -0.496 e. The Balaban J connectivity index is 2.85. The molecule has 0 heterocycles. The molecule has 0 unspecified atom stereocenters. The Bertz CT molecular complexity index is 419. The molecule has 0 spiro atoms. The van der Waals surface area contributed by atoms with Gasteiger partial charge in [-0.05, 0) is 38.5 Å². The van der Waals surface area contributed by atoms with Crippen molar-refractivity contribution in [2.75, 3.05) is 7.11 Å². The number of hydrogen-bond donors (Lipinski definition) is 1. The van der Waals surface area contributed by atoms with Crippen LogP contribution in [-0.2, 0) is 6.54 Å². The van der Waals surface area contributed by atoms with Crippen LogP contribution >= 0.6 is 0 Å². The van der Waals surface area contributed by atoms with E-state index in [1.165, 1.54) is 0 Å². The molecule has 0 atom stereocenters. The lowest BCUT2D eigenvalue weighted by atomic mass is 10.0. The molecule has 0 aliphatic carbocycles. The van der Waals surface area contributed by atoms with Crippen LogP contribution in [0.15, 0.2) is 18.2 Å². The Labute approximate surface area is 103 Å². The first kappa shape index (κ1) is 13.5. The van der Waals surface area contributed by atoms with Gasteiger partial charge in [-0.1, -0.05) is 6.92 Å². The molecular weight excluding hydrogens is 212 g/mol. The number of rotatable bonds is 5. The summed E-state index contributed by atoms with van der Waals surface area (Å²) in [6.45, 7) is 7.18. The van der Waals surface area contributed by atoms with Gasteiger partial charge in [-0.3, -0.25) is 0 Å². The second kappa shape index (κ2) is 5.70. The van der Waals surface area contributed by atoms with E-state index in [0.717, 1.165) is 17.7 Å². The molecule has 0 aliphatic heterocycles. The molecule has 17 heavy (non-hydrogen) atoms. The Morgan fingerprint density at radius 1 is 1.41 bits per heavy atom. The van der Waals surface area contributed by atoms with Crippen LogP contribution in [0.4, 0.5) is 0 Å². The smallest absolute Gasteiger partial charge is 0.123 e. The molecular formula is C14H20N2O. The van der Waals surface area contributed by atoms with E-state index in [4.69, 9.17) is 10.00 Å². The molecule has 0 saturated heterocycles. The Hall–Kier alpha value is -1.53. The van der Waals surface area contributed by atoms with Gasteiger partial charge in [-0.25, -0.2) is 0 Å². The molecule has 1 aromatic rings. The van der Waals surface area contributed by atoms with E-state index < -0.39 is 0 Å². The molecule has 0 aliphatic rings. The first-order valence-corrected chi connectivity index (χ1v) is 5.84. The normalized spacial score (nSPS) is 11.0. The summed E-state index contributed by atoms with van der Waals surface area (Å²) in [6, 6.07) is 7.63. The average Bonchev–Trinajstić information content (AvgIpc) is 2.36. The van der Waals surface area contributed by atoms with Crippen LogP contribution in [0.3, 0.4) is 0 Å². The average molecular weight is 232 g/mol. The maximum atomic E-state index is 8.89. The van der Waals surface area contributed by atoms with Crippen molar-refractivity contribution in [1.29, 1.82) is 5.26 Å². The lowest BCUT2D eigenvalue weighted by Crippen LogP contribution is -2.37. The molecule has 3 heteroatoms. The quantitative estimate of drug-likeness (QED) is 0.849. The maximum absolute atomic E-state index is 8.89. The highest BCUT2D eigenvalue weighted by molar-refractivity contribution is 5.42. The lowest BCUT2D eigenvalue weighted by molar-refractivity contribution is 0.364. The molecule has 1 N–H and O–H groups in total. The second-order valence-corrected chi connectivity index (χ2v) is 4.73. The monoisotopic (exact) mass is 232 g/mol. The van der Waals surface area contributed by atoms with E-state index >= 15 is 0 Å². The summed E-state index contributed by atoms with van der Waals surface area (Å²) in [5.74, 6) is 0.823. The van der Waals surface area contributed by atoms with Crippen molar-refractivity contribution in [2.24, 2.45) is 0 Å². The van der Waals surface area contributed by atoms with Crippen LogP contribution in [0.1, 0.15) is 38.3 Å².